The van der Waals surface area contributed by atoms with Crippen molar-refractivity contribution in [1.29, 1.82) is 0 Å². The van der Waals surface area contributed by atoms with Gasteiger partial charge >= 0.3 is 0 Å². The van der Waals surface area contributed by atoms with E-state index < -0.39 is 0 Å². The first-order valence-corrected chi connectivity index (χ1v) is 7.67. The normalized spacial score (nSPS) is 15.4. The third kappa shape index (κ3) is 3.52. The van der Waals surface area contributed by atoms with Crippen molar-refractivity contribution in [3.8, 4) is 0 Å². The molecule has 0 bridgehead atoms. The summed E-state index contributed by atoms with van der Waals surface area (Å²) in [5.41, 5.74) is 6.36. The molecule has 0 radical (unpaired) electrons. The summed E-state index contributed by atoms with van der Waals surface area (Å²) in [4.78, 5) is 1.30. The zero-order chi connectivity index (χ0) is 14.0. The van der Waals surface area contributed by atoms with Gasteiger partial charge in [-0.3, -0.25) is 0 Å². The molecule has 0 spiro atoms. The van der Waals surface area contributed by atoms with Gasteiger partial charge in [0.1, 0.15) is 0 Å². The average molecular weight is 273 g/mol. The number of fused-ring (bicyclic) bond motifs is 1. The van der Waals surface area contributed by atoms with Crippen LogP contribution in [0.5, 0.6) is 0 Å². The molecule has 1 nitrogen and oxygen atoms in total. The minimum absolute atomic E-state index is 0.177. The molecule has 2 atom stereocenters. The topological polar surface area (TPSA) is 26.0 Å². The monoisotopic (exact) mass is 273 g/mol. The predicted octanol–water partition coefficient (Wildman–Crippen LogP) is 4.69. The lowest BCUT2D eigenvalue weighted by atomic mass is 9.88. The minimum atomic E-state index is 0.177. The molecule has 2 N–H and O–H groups in total. The fourth-order valence-electron chi connectivity index (χ4n) is 2.46. The highest BCUT2D eigenvalue weighted by molar-refractivity contribution is 8.00. The van der Waals surface area contributed by atoms with Crippen LogP contribution in [-0.4, -0.2) is 11.3 Å². The van der Waals surface area contributed by atoms with Gasteiger partial charge in [-0.25, -0.2) is 0 Å². The third-order valence-corrected chi connectivity index (χ3v) is 5.23. The molecule has 0 fully saturated rings. The van der Waals surface area contributed by atoms with E-state index in [9.17, 15) is 0 Å². The number of rotatable bonds is 3. The van der Waals surface area contributed by atoms with Crippen molar-refractivity contribution in [2.45, 2.75) is 43.9 Å². The van der Waals surface area contributed by atoms with Crippen LogP contribution in [0.2, 0.25) is 0 Å². The van der Waals surface area contributed by atoms with E-state index in [0.29, 0.717) is 5.25 Å². The Hall–Kier alpha value is -0.990. The van der Waals surface area contributed by atoms with Gasteiger partial charge in [0.25, 0.3) is 0 Å². The first kappa shape index (κ1) is 14.4. The Morgan fingerprint density at radius 3 is 2.21 bits per heavy atom. The fraction of sp³-hybridized carbons (Fsp3) is 0.412. The summed E-state index contributed by atoms with van der Waals surface area (Å²) < 4.78 is 0. The second kappa shape index (κ2) is 5.56. The maximum Gasteiger partial charge on any atom is 0.0292 e. The Kier molecular flexibility index (Phi) is 4.22. The van der Waals surface area contributed by atoms with Gasteiger partial charge in [0.05, 0.1) is 0 Å². The van der Waals surface area contributed by atoms with Crippen molar-refractivity contribution in [1.82, 2.24) is 0 Å². The molecule has 2 heteroatoms. The molecule has 19 heavy (non-hydrogen) atoms. The van der Waals surface area contributed by atoms with Gasteiger partial charge in [-0.05, 0) is 35.2 Å². The lowest BCUT2D eigenvalue weighted by Crippen LogP contribution is -2.38. The molecule has 0 heterocycles. The number of benzene rings is 2. The molecule has 0 aromatic heterocycles. The smallest absolute Gasteiger partial charge is 0.0292 e. The van der Waals surface area contributed by atoms with Crippen LogP contribution in [0.15, 0.2) is 47.4 Å². The second-order valence-electron chi connectivity index (χ2n) is 6.27. The van der Waals surface area contributed by atoms with Crippen LogP contribution in [0.3, 0.4) is 0 Å². The van der Waals surface area contributed by atoms with Crippen LogP contribution < -0.4 is 5.73 Å². The second-order valence-corrected chi connectivity index (χ2v) is 7.49. The van der Waals surface area contributed by atoms with Crippen LogP contribution in [0.4, 0.5) is 0 Å². The SMILES string of the molecule is CC(N)C(Sc1ccc2ccccc2c1)C(C)(C)C. The summed E-state index contributed by atoms with van der Waals surface area (Å²) in [6.07, 6.45) is 0. The summed E-state index contributed by atoms with van der Waals surface area (Å²) >= 11 is 1.89. The molecule has 2 aromatic rings. The summed E-state index contributed by atoms with van der Waals surface area (Å²) in [7, 11) is 0. The molecular formula is C17H23NS. The van der Waals surface area contributed by atoms with Gasteiger partial charge in [-0.1, -0.05) is 51.1 Å². The van der Waals surface area contributed by atoms with Crippen molar-refractivity contribution >= 4 is 22.5 Å². The first-order valence-electron chi connectivity index (χ1n) is 6.79. The van der Waals surface area contributed by atoms with Gasteiger partial charge in [0.15, 0.2) is 0 Å². The van der Waals surface area contributed by atoms with Gasteiger partial charge in [-0.2, -0.15) is 0 Å². The van der Waals surface area contributed by atoms with E-state index in [4.69, 9.17) is 5.73 Å². The number of thioether (sulfide) groups is 1. The summed E-state index contributed by atoms with van der Waals surface area (Å²) in [6, 6.07) is 15.3. The number of hydrogen-bond donors (Lipinski definition) is 1. The van der Waals surface area contributed by atoms with Crippen molar-refractivity contribution in [3.05, 3.63) is 42.5 Å². The van der Waals surface area contributed by atoms with Crippen molar-refractivity contribution in [2.24, 2.45) is 11.1 Å². The number of nitrogens with two attached hydrogens (primary N) is 1. The Bertz CT molecular complexity index is 554. The maximum atomic E-state index is 6.16. The van der Waals surface area contributed by atoms with E-state index in [1.165, 1.54) is 15.7 Å². The Morgan fingerprint density at radius 2 is 1.63 bits per heavy atom. The van der Waals surface area contributed by atoms with Crippen molar-refractivity contribution in [2.75, 3.05) is 0 Å². The molecular weight excluding hydrogens is 250 g/mol. The average Bonchev–Trinajstić information content (AvgIpc) is 2.34. The molecule has 102 valence electrons. The highest BCUT2D eigenvalue weighted by atomic mass is 32.2. The molecule has 0 aliphatic heterocycles. The molecule has 0 saturated carbocycles. The molecule has 0 saturated heterocycles. The van der Waals surface area contributed by atoms with Crippen LogP contribution in [0, 0.1) is 5.41 Å². The van der Waals surface area contributed by atoms with Gasteiger partial charge < -0.3 is 5.73 Å². The lowest BCUT2D eigenvalue weighted by molar-refractivity contribution is 0.363. The fourth-order valence-corrected chi connectivity index (χ4v) is 3.66. The summed E-state index contributed by atoms with van der Waals surface area (Å²) in [5.74, 6) is 0. The molecule has 0 amide bonds. The maximum absolute atomic E-state index is 6.16. The van der Waals surface area contributed by atoms with Gasteiger partial charge in [0, 0.05) is 16.2 Å². The third-order valence-electron chi connectivity index (χ3n) is 3.32. The van der Waals surface area contributed by atoms with E-state index in [2.05, 4.69) is 70.2 Å². The highest BCUT2D eigenvalue weighted by Gasteiger charge is 2.28. The van der Waals surface area contributed by atoms with E-state index in [1.54, 1.807) is 0 Å². The van der Waals surface area contributed by atoms with E-state index in [1.807, 2.05) is 11.8 Å². The van der Waals surface area contributed by atoms with Crippen LogP contribution in [-0.2, 0) is 0 Å². The van der Waals surface area contributed by atoms with Gasteiger partial charge in [-0.15, -0.1) is 11.8 Å². The lowest BCUT2D eigenvalue weighted by Gasteiger charge is -2.33. The van der Waals surface area contributed by atoms with Crippen LogP contribution >= 0.6 is 11.8 Å². The number of hydrogen-bond acceptors (Lipinski definition) is 2. The predicted molar refractivity (Wildman–Crippen MR) is 86.7 cm³/mol. The zero-order valence-corrected chi connectivity index (χ0v) is 13.0. The first-order chi connectivity index (χ1) is 8.88. The van der Waals surface area contributed by atoms with Crippen LogP contribution in [0.25, 0.3) is 10.8 Å². The quantitative estimate of drug-likeness (QED) is 0.821. The highest BCUT2D eigenvalue weighted by Crippen LogP contribution is 2.37. The van der Waals surface area contributed by atoms with E-state index in [0.717, 1.165) is 0 Å². The zero-order valence-electron chi connectivity index (χ0n) is 12.2. The molecule has 0 aliphatic carbocycles. The Balaban J connectivity index is 2.29. The van der Waals surface area contributed by atoms with Crippen LogP contribution in [0.1, 0.15) is 27.7 Å². The largest absolute Gasteiger partial charge is 0.327 e. The van der Waals surface area contributed by atoms with E-state index >= 15 is 0 Å². The molecule has 2 unspecified atom stereocenters. The van der Waals surface area contributed by atoms with Gasteiger partial charge in [0.2, 0.25) is 0 Å². The minimum Gasteiger partial charge on any atom is -0.327 e. The molecule has 0 aliphatic rings. The standard InChI is InChI=1S/C17H23NS/c1-12(18)16(17(2,3)4)19-15-10-9-13-7-5-6-8-14(13)11-15/h5-12,16H,18H2,1-4H3. The summed E-state index contributed by atoms with van der Waals surface area (Å²) in [6.45, 7) is 8.88. The molecule has 2 rings (SSSR count). The summed E-state index contributed by atoms with van der Waals surface area (Å²) in [5, 5.41) is 3.00. The van der Waals surface area contributed by atoms with Crippen molar-refractivity contribution < 1.29 is 0 Å². The molecule has 2 aromatic carbocycles. The van der Waals surface area contributed by atoms with Crippen molar-refractivity contribution in [3.63, 3.8) is 0 Å². The van der Waals surface area contributed by atoms with E-state index in [-0.39, 0.29) is 11.5 Å². The Labute approximate surface area is 120 Å². The Morgan fingerprint density at radius 1 is 1.00 bits per heavy atom.